The number of carbonyl (C=O) groups is 1. The molecule has 2 aliphatic heterocycles. The lowest BCUT2D eigenvalue weighted by Gasteiger charge is -2.30. The Morgan fingerprint density at radius 2 is 2.15 bits per heavy atom. The summed E-state index contributed by atoms with van der Waals surface area (Å²) in [5.41, 5.74) is 3.12. The van der Waals surface area contributed by atoms with E-state index in [1.54, 1.807) is 6.20 Å². The molecule has 2 aliphatic rings. The minimum Gasteiger partial charge on any atom is -0.466 e. The first-order valence-corrected chi connectivity index (χ1v) is 8.51. The number of fused-ring (bicyclic) bond motifs is 1. The second-order valence-corrected chi connectivity index (χ2v) is 6.48. The maximum Gasteiger partial charge on any atom is 0.337 e. The molecule has 1 atom stereocenters. The number of nitrogens with zero attached hydrogens (tertiary/aromatic N) is 2. The molecule has 7 nitrogen and oxygen atoms in total. The van der Waals surface area contributed by atoms with Crippen molar-refractivity contribution in [1.82, 2.24) is 9.55 Å². The number of methoxy groups -OCH3 is 1. The first-order chi connectivity index (χ1) is 12.5. The molecule has 1 aromatic heterocycles. The van der Waals surface area contributed by atoms with Gasteiger partial charge in [0.05, 0.1) is 31.9 Å². The van der Waals surface area contributed by atoms with E-state index in [4.69, 9.17) is 14.2 Å². The zero-order valence-corrected chi connectivity index (χ0v) is 15.0. The lowest BCUT2D eigenvalue weighted by Crippen LogP contribution is -2.29. The number of anilines is 1. The average molecular weight is 355 g/mol. The second-order valence-electron chi connectivity index (χ2n) is 6.48. The Morgan fingerprint density at radius 3 is 2.88 bits per heavy atom. The van der Waals surface area contributed by atoms with Crippen molar-refractivity contribution in [3.05, 3.63) is 59.1 Å². The van der Waals surface area contributed by atoms with Gasteiger partial charge in [0.15, 0.2) is 5.79 Å². The lowest BCUT2D eigenvalue weighted by atomic mass is 9.92. The van der Waals surface area contributed by atoms with Crippen molar-refractivity contribution < 1.29 is 19.0 Å². The number of carbonyl (C=O) groups excluding carboxylic acids is 1. The normalized spacial score (nSPS) is 21.3. The molecule has 1 fully saturated rings. The molecule has 1 saturated heterocycles. The molecule has 1 aromatic carbocycles. The summed E-state index contributed by atoms with van der Waals surface area (Å²) in [6, 6.07) is 7.58. The van der Waals surface area contributed by atoms with Gasteiger partial charge < -0.3 is 24.1 Å². The van der Waals surface area contributed by atoms with Gasteiger partial charge in [0, 0.05) is 23.7 Å². The fourth-order valence-corrected chi connectivity index (χ4v) is 3.57. The minimum atomic E-state index is -0.773. The van der Waals surface area contributed by atoms with Crippen LogP contribution in [0.4, 0.5) is 5.95 Å². The van der Waals surface area contributed by atoms with Crippen LogP contribution in [0.5, 0.6) is 0 Å². The third-order valence-electron chi connectivity index (χ3n) is 4.89. The van der Waals surface area contributed by atoms with Crippen molar-refractivity contribution in [2.45, 2.75) is 25.7 Å². The molecule has 0 bridgehead atoms. The number of imidazole rings is 1. The lowest BCUT2D eigenvalue weighted by molar-refractivity contribution is -0.149. The van der Waals surface area contributed by atoms with Gasteiger partial charge >= 0.3 is 5.97 Å². The third-order valence-corrected chi connectivity index (χ3v) is 4.89. The zero-order valence-electron chi connectivity index (χ0n) is 15.0. The number of benzene rings is 1. The van der Waals surface area contributed by atoms with E-state index >= 15 is 0 Å². The predicted octanol–water partition coefficient (Wildman–Crippen LogP) is 2.56. The maximum absolute atomic E-state index is 12.5. The van der Waals surface area contributed by atoms with E-state index in [2.05, 4.69) is 10.3 Å². The molecule has 136 valence electrons. The molecule has 0 spiro atoms. The highest BCUT2D eigenvalue weighted by Crippen LogP contribution is 2.38. The molecule has 1 N–H and O–H groups in total. The topological polar surface area (TPSA) is 74.6 Å². The van der Waals surface area contributed by atoms with E-state index < -0.39 is 5.79 Å². The Bertz CT molecular complexity index is 880. The van der Waals surface area contributed by atoms with Gasteiger partial charge in [-0.15, -0.1) is 0 Å². The molecule has 3 heterocycles. The molecule has 0 amide bonds. The Morgan fingerprint density at radius 1 is 1.38 bits per heavy atom. The van der Waals surface area contributed by atoms with Gasteiger partial charge in [-0.25, -0.2) is 9.78 Å². The molecule has 0 radical (unpaired) electrons. The summed E-state index contributed by atoms with van der Waals surface area (Å²) in [6.45, 7) is 4.89. The van der Waals surface area contributed by atoms with E-state index in [1.807, 2.05) is 48.9 Å². The molecule has 0 aliphatic carbocycles. The van der Waals surface area contributed by atoms with Crippen LogP contribution in [-0.2, 0) is 24.8 Å². The van der Waals surface area contributed by atoms with Crippen LogP contribution in [-0.4, -0.2) is 35.8 Å². The Balaban J connectivity index is 1.84. The second kappa shape index (κ2) is 6.26. The number of aromatic nitrogens is 2. The summed E-state index contributed by atoms with van der Waals surface area (Å²) < 4.78 is 18.5. The SMILES string of the molecule is COC(=O)C1=C(C)Nc2nccn2C1c1cccc(C2(C)OCCO2)c1. The number of rotatable bonds is 3. The summed E-state index contributed by atoms with van der Waals surface area (Å²) in [7, 11) is 1.39. The molecule has 0 saturated carbocycles. The van der Waals surface area contributed by atoms with Crippen LogP contribution in [0.3, 0.4) is 0 Å². The van der Waals surface area contributed by atoms with Crippen molar-refractivity contribution in [2.24, 2.45) is 0 Å². The van der Waals surface area contributed by atoms with Gasteiger partial charge in [-0.2, -0.15) is 0 Å². The van der Waals surface area contributed by atoms with E-state index in [0.717, 1.165) is 16.8 Å². The first kappa shape index (κ1) is 16.8. The van der Waals surface area contributed by atoms with Crippen LogP contribution < -0.4 is 5.32 Å². The van der Waals surface area contributed by atoms with Crippen molar-refractivity contribution in [3.63, 3.8) is 0 Å². The van der Waals surface area contributed by atoms with E-state index in [-0.39, 0.29) is 12.0 Å². The highest BCUT2D eigenvalue weighted by Gasteiger charge is 2.36. The summed E-state index contributed by atoms with van der Waals surface area (Å²) in [5, 5.41) is 3.16. The third kappa shape index (κ3) is 2.60. The van der Waals surface area contributed by atoms with Gasteiger partial charge in [-0.3, -0.25) is 0 Å². The summed E-state index contributed by atoms with van der Waals surface area (Å²) in [6.07, 6.45) is 3.55. The van der Waals surface area contributed by atoms with Crippen molar-refractivity contribution >= 4 is 11.9 Å². The van der Waals surface area contributed by atoms with E-state index in [9.17, 15) is 4.79 Å². The van der Waals surface area contributed by atoms with Crippen LogP contribution in [0.15, 0.2) is 47.9 Å². The fourth-order valence-electron chi connectivity index (χ4n) is 3.57. The van der Waals surface area contributed by atoms with Crippen LogP contribution >= 0.6 is 0 Å². The van der Waals surface area contributed by atoms with Gasteiger partial charge in [0.25, 0.3) is 0 Å². The largest absolute Gasteiger partial charge is 0.466 e. The molecule has 2 aromatic rings. The highest BCUT2D eigenvalue weighted by atomic mass is 16.7. The minimum absolute atomic E-state index is 0.342. The molecular weight excluding hydrogens is 334 g/mol. The highest BCUT2D eigenvalue weighted by molar-refractivity contribution is 5.92. The van der Waals surface area contributed by atoms with Crippen LogP contribution in [0.25, 0.3) is 0 Å². The number of ether oxygens (including phenoxy) is 3. The summed E-state index contributed by atoms with van der Waals surface area (Å²) >= 11 is 0. The molecule has 26 heavy (non-hydrogen) atoms. The zero-order chi connectivity index (χ0) is 18.3. The Labute approximate surface area is 151 Å². The number of hydrogen-bond acceptors (Lipinski definition) is 6. The quantitative estimate of drug-likeness (QED) is 0.853. The Hall–Kier alpha value is -2.64. The first-order valence-electron chi connectivity index (χ1n) is 8.51. The van der Waals surface area contributed by atoms with Crippen molar-refractivity contribution in [2.75, 3.05) is 25.6 Å². The van der Waals surface area contributed by atoms with Gasteiger partial charge in [0.1, 0.15) is 0 Å². The standard InChI is InChI=1S/C19H21N3O4/c1-12-15(17(23)24-3)16(22-8-7-20-18(22)21-12)13-5-4-6-14(11-13)19(2)25-9-10-26-19/h4-8,11,16H,9-10H2,1-3H3,(H,20,21). The molecule has 1 unspecified atom stereocenters. The summed E-state index contributed by atoms with van der Waals surface area (Å²) in [4.78, 5) is 16.8. The van der Waals surface area contributed by atoms with E-state index in [1.165, 1.54) is 7.11 Å². The smallest absolute Gasteiger partial charge is 0.337 e. The average Bonchev–Trinajstić information content (AvgIpc) is 3.29. The maximum atomic E-state index is 12.5. The predicted molar refractivity (Wildman–Crippen MR) is 94.4 cm³/mol. The fraction of sp³-hybridized carbons (Fsp3) is 0.368. The number of esters is 1. The van der Waals surface area contributed by atoms with Crippen LogP contribution in [0.2, 0.25) is 0 Å². The van der Waals surface area contributed by atoms with Crippen molar-refractivity contribution in [3.8, 4) is 0 Å². The van der Waals surface area contributed by atoms with E-state index in [0.29, 0.717) is 24.7 Å². The number of nitrogens with one attached hydrogen (secondary N) is 1. The Kier molecular flexibility index (Phi) is 4.05. The molecular formula is C19H21N3O4. The van der Waals surface area contributed by atoms with Crippen LogP contribution in [0, 0.1) is 0 Å². The molecule has 7 heteroatoms. The molecule has 4 rings (SSSR count). The van der Waals surface area contributed by atoms with Gasteiger partial charge in [0.2, 0.25) is 5.95 Å². The monoisotopic (exact) mass is 355 g/mol. The van der Waals surface area contributed by atoms with Gasteiger partial charge in [-0.1, -0.05) is 18.2 Å². The number of allylic oxidation sites excluding steroid dienone is 1. The van der Waals surface area contributed by atoms with Crippen molar-refractivity contribution in [1.29, 1.82) is 0 Å². The summed E-state index contributed by atoms with van der Waals surface area (Å²) in [5.74, 6) is -0.459. The number of hydrogen-bond donors (Lipinski definition) is 1. The van der Waals surface area contributed by atoms with Crippen LogP contribution in [0.1, 0.15) is 31.0 Å². The van der Waals surface area contributed by atoms with Gasteiger partial charge in [-0.05, 0) is 25.5 Å².